The molecule has 0 radical (unpaired) electrons. The summed E-state index contributed by atoms with van der Waals surface area (Å²) < 4.78 is 13.5. The van der Waals surface area contributed by atoms with Gasteiger partial charge < -0.3 is 14.9 Å². The summed E-state index contributed by atoms with van der Waals surface area (Å²) in [5.41, 5.74) is 5.69. The van der Waals surface area contributed by atoms with Crippen LogP contribution in [0.1, 0.15) is 11.1 Å². The van der Waals surface area contributed by atoms with Gasteiger partial charge in [-0.15, -0.1) is 0 Å². The summed E-state index contributed by atoms with van der Waals surface area (Å²) in [5.74, 6) is 1.66. The quantitative estimate of drug-likeness (QED) is 0.265. The largest absolute Gasteiger partial charge is 0.493 e. The average molecular weight is 523 g/mol. The minimum atomic E-state index is 0.236. The first-order valence-electron chi connectivity index (χ1n) is 9.71. The fourth-order valence-electron chi connectivity index (χ4n) is 3.08. The van der Waals surface area contributed by atoms with E-state index in [4.69, 9.17) is 56.5 Å². The number of ether oxygens (including phenoxy) is 2. The number of aromatic amines is 1. The summed E-state index contributed by atoms with van der Waals surface area (Å²) >= 11 is 24.1. The van der Waals surface area contributed by atoms with Gasteiger partial charge in [-0.1, -0.05) is 40.9 Å². The van der Waals surface area contributed by atoms with E-state index in [2.05, 4.69) is 20.6 Å². The standard InChI is InChI=1S/C22H18Cl3N5O2S/c1-31-19-8-15(11-27-30-21(28-29-22(30)33)13-4-6-26-7-5-13)18(25)10-20(19)32-12-14-2-3-16(23)9-17(14)24/h2-10,27H,11-12H2,1H3,(H,29,33). The molecule has 7 nitrogen and oxygen atoms in total. The molecule has 0 atom stereocenters. The zero-order valence-corrected chi connectivity index (χ0v) is 20.4. The summed E-state index contributed by atoms with van der Waals surface area (Å²) in [6, 6.07) is 12.4. The van der Waals surface area contributed by atoms with Crippen LogP contribution in [0.4, 0.5) is 0 Å². The predicted molar refractivity (Wildman–Crippen MR) is 133 cm³/mol. The molecule has 4 aromatic rings. The van der Waals surface area contributed by atoms with Crippen LogP contribution in [0.15, 0.2) is 54.9 Å². The average Bonchev–Trinajstić information content (AvgIpc) is 3.18. The second kappa shape index (κ2) is 10.4. The SMILES string of the molecule is COc1cc(CNn2c(-c3ccncc3)n[nH]c2=S)c(Cl)cc1OCc1ccc(Cl)cc1Cl. The molecule has 0 aliphatic rings. The molecule has 0 fully saturated rings. The molecule has 0 saturated carbocycles. The Kier molecular flexibility index (Phi) is 7.39. The van der Waals surface area contributed by atoms with E-state index in [0.29, 0.717) is 43.7 Å². The number of benzene rings is 2. The van der Waals surface area contributed by atoms with Crippen molar-refractivity contribution in [3.8, 4) is 22.9 Å². The van der Waals surface area contributed by atoms with Crippen molar-refractivity contribution in [1.82, 2.24) is 19.9 Å². The molecule has 0 aliphatic heterocycles. The normalized spacial score (nSPS) is 10.8. The number of nitrogens with zero attached hydrogens (tertiary/aromatic N) is 3. The van der Waals surface area contributed by atoms with Crippen LogP contribution in [0.3, 0.4) is 0 Å². The van der Waals surface area contributed by atoms with Gasteiger partial charge in [0.2, 0.25) is 4.77 Å². The highest BCUT2D eigenvalue weighted by Gasteiger charge is 2.14. The Balaban J connectivity index is 1.52. The Morgan fingerprint density at radius 2 is 1.76 bits per heavy atom. The molecule has 2 heterocycles. The molecule has 0 bridgehead atoms. The number of halogens is 3. The molecule has 0 aliphatic carbocycles. The van der Waals surface area contributed by atoms with Gasteiger partial charge in [-0.05, 0) is 48.1 Å². The molecule has 2 aromatic carbocycles. The minimum absolute atomic E-state index is 0.236. The van der Waals surface area contributed by atoms with Crippen LogP contribution in [0.2, 0.25) is 15.1 Å². The number of rotatable bonds is 8. The van der Waals surface area contributed by atoms with Crippen LogP contribution in [-0.4, -0.2) is 27.0 Å². The second-order valence-corrected chi connectivity index (χ2v) is 8.51. The van der Waals surface area contributed by atoms with E-state index >= 15 is 0 Å². The number of pyridine rings is 1. The van der Waals surface area contributed by atoms with Crippen LogP contribution in [0, 0.1) is 4.77 Å². The van der Waals surface area contributed by atoms with Gasteiger partial charge in [0.1, 0.15) is 6.61 Å². The van der Waals surface area contributed by atoms with Gasteiger partial charge in [-0.2, -0.15) is 5.10 Å². The van der Waals surface area contributed by atoms with E-state index in [9.17, 15) is 0 Å². The summed E-state index contributed by atoms with van der Waals surface area (Å²) in [7, 11) is 1.57. The number of methoxy groups -OCH3 is 1. The number of aromatic nitrogens is 4. The Morgan fingerprint density at radius 3 is 2.48 bits per heavy atom. The zero-order valence-electron chi connectivity index (χ0n) is 17.3. The lowest BCUT2D eigenvalue weighted by Gasteiger charge is -2.16. The van der Waals surface area contributed by atoms with Crippen LogP contribution in [0.5, 0.6) is 11.5 Å². The summed E-state index contributed by atoms with van der Waals surface area (Å²) in [5, 5.41) is 8.67. The molecule has 4 rings (SSSR count). The van der Waals surface area contributed by atoms with Gasteiger partial charge in [0.15, 0.2) is 17.3 Å². The van der Waals surface area contributed by atoms with Gasteiger partial charge in [0.05, 0.1) is 13.7 Å². The molecule has 0 unspecified atom stereocenters. The maximum atomic E-state index is 6.54. The summed E-state index contributed by atoms with van der Waals surface area (Å²) in [6.07, 6.45) is 3.38. The highest BCUT2D eigenvalue weighted by molar-refractivity contribution is 7.71. The minimum Gasteiger partial charge on any atom is -0.493 e. The van der Waals surface area contributed by atoms with Gasteiger partial charge in [-0.3, -0.25) is 4.98 Å². The third kappa shape index (κ3) is 5.42. The Morgan fingerprint density at radius 1 is 1.00 bits per heavy atom. The zero-order chi connectivity index (χ0) is 23.4. The van der Waals surface area contributed by atoms with E-state index in [-0.39, 0.29) is 6.61 Å². The van der Waals surface area contributed by atoms with Crippen molar-refractivity contribution >= 4 is 47.0 Å². The van der Waals surface area contributed by atoms with Crippen molar-refractivity contribution in [2.45, 2.75) is 13.2 Å². The van der Waals surface area contributed by atoms with E-state index < -0.39 is 0 Å². The molecule has 170 valence electrons. The Labute approximate surface area is 210 Å². The monoisotopic (exact) mass is 521 g/mol. The van der Waals surface area contributed by atoms with Crippen LogP contribution >= 0.6 is 47.0 Å². The van der Waals surface area contributed by atoms with Crippen LogP contribution < -0.4 is 14.9 Å². The molecule has 0 saturated heterocycles. The highest BCUT2D eigenvalue weighted by atomic mass is 35.5. The van der Waals surface area contributed by atoms with Crippen molar-refractivity contribution in [2.24, 2.45) is 0 Å². The van der Waals surface area contributed by atoms with Crippen molar-refractivity contribution in [3.63, 3.8) is 0 Å². The smallest absolute Gasteiger partial charge is 0.214 e. The first kappa shape index (κ1) is 23.4. The summed E-state index contributed by atoms with van der Waals surface area (Å²) in [4.78, 5) is 4.03. The lowest BCUT2D eigenvalue weighted by atomic mass is 10.2. The van der Waals surface area contributed by atoms with Gasteiger partial charge >= 0.3 is 0 Å². The molecular formula is C22H18Cl3N5O2S. The van der Waals surface area contributed by atoms with Crippen LogP contribution in [-0.2, 0) is 13.2 Å². The Bertz CT molecular complexity index is 1330. The highest BCUT2D eigenvalue weighted by Crippen LogP contribution is 2.34. The summed E-state index contributed by atoms with van der Waals surface area (Å²) in [6.45, 7) is 0.601. The van der Waals surface area contributed by atoms with E-state index in [0.717, 1.165) is 16.7 Å². The van der Waals surface area contributed by atoms with Crippen molar-refractivity contribution in [3.05, 3.63) is 85.8 Å². The fraction of sp³-hybridized carbons (Fsp3) is 0.136. The second-order valence-electron chi connectivity index (χ2n) is 6.88. The fourth-order valence-corrected chi connectivity index (χ4v) is 3.96. The number of H-pyrrole nitrogens is 1. The van der Waals surface area contributed by atoms with Crippen LogP contribution in [0.25, 0.3) is 11.4 Å². The molecule has 2 N–H and O–H groups in total. The van der Waals surface area contributed by atoms with Crippen molar-refractivity contribution < 1.29 is 9.47 Å². The van der Waals surface area contributed by atoms with Gasteiger partial charge in [-0.25, -0.2) is 9.77 Å². The van der Waals surface area contributed by atoms with E-state index in [1.54, 1.807) is 42.4 Å². The lowest BCUT2D eigenvalue weighted by Crippen LogP contribution is -2.16. The van der Waals surface area contributed by atoms with E-state index in [1.807, 2.05) is 24.3 Å². The molecular weight excluding hydrogens is 505 g/mol. The molecule has 0 spiro atoms. The number of hydrogen-bond acceptors (Lipinski definition) is 6. The number of nitrogens with one attached hydrogen (secondary N) is 2. The van der Waals surface area contributed by atoms with Gasteiger partial charge in [0, 0.05) is 44.7 Å². The maximum Gasteiger partial charge on any atom is 0.214 e. The van der Waals surface area contributed by atoms with E-state index in [1.165, 1.54) is 0 Å². The third-order valence-electron chi connectivity index (χ3n) is 4.77. The predicted octanol–water partition coefficient (Wildman–Crippen LogP) is 6.29. The van der Waals surface area contributed by atoms with Gasteiger partial charge in [0.25, 0.3) is 0 Å². The third-order valence-corrected chi connectivity index (χ3v) is 5.98. The van der Waals surface area contributed by atoms with Crippen molar-refractivity contribution in [1.29, 1.82) is 0 Å². The first-order valence-corrected chi connectivity index (χ1v) is 11.3. The Hall–Kier alpha value is -2.78. The van der Waals surface area contributed by atoms with Crippen molar-refractivity contribution in [2.75, 3.05) is 12.5 Å². The lowest BCUT2D eigenvalue weighted by molar-refractivity contribution is 0.284. The number of hydrogen-bond donors (Lipinski definition) is 2. The molecule has 2 aromatic heterocycles. The molecule has 0 amide bonds. The first-order chi connectivity index (χ1) is 16.0. The topological polar surface area (TPSA) is 77.0 Å². The maximum absolute atomic E-state index is 6.54. The molecule has 33 heavy (non-hydrogen) atoms. The molecule has 11 heteroatoms.